The lowest BCUT2D eigenvalue weighted by Gasteiger charge is -2.25. The SMILES string of the molecule is CCC(CC)N(C)S(=O)(=O)c1ccc(OCCCN)cc1. The maximum absolute atomic E-state index is 12.5. The average molecular weight is 314 g/mol. The molecular weight excluding hydrogens is 288 g/mol. The van der Waals surface area contributed by atoms with Crippen molar-refractivity contribution < 1.29 is 13.2 Å². The van der Waals surface area contributed by atoms with Crippen LogP contribution in [0, 0.1) is 0 Å². The van der Waals surface area contributed by atoms with Gasteiger partial charge < -0.3 is 10.5 Å². The fourth-order valence-electron chi connectivity index (χ4n) is 2.15. The van der Waals surface area contributed by atoms with Crippen LogP contribution in [0.1, 0.15) is 33.1 Å². The predicted molar refractivity (Wildman–Crippen MR) is 84.9 cm³/mol. The number of nitrogens with zero attached hydrogens (tertiary/aromatic N) is 1. The Bertz CT molecular complexity index is 510. The molecule has 120 valence electrons. The molecule has 0 aliphatic heterocycles. The number of nitrogens with two attached hydrogens (primary N) is 1. The van der Waals surface area contributed by atoms with E-state index in [2.05, 4.69) is 0 Å². The first-order valence-corrected chi connectivity index (χ1v) is 8.82. The van der Waals surface area contributed by atoms with Gasteiger partial charge in [0.15, 0.2) is 0 Å². The molecule has 1 aromatic carbocycles. The lowest BCUT2D eigenvalue weighted by atomic mass is 10.2. The van der Waals surface area contributed by atoms with Crippen LogP contribution in [0.2, 0.25) is 0 Å². The van der Waals surface area contributed by atoms with Crippen LogP contribution < -0.4 is 10.5 Å². The van der Waals surface area contributed by atoms with Crippen molar-refractivity contribution >= 4 is 10.0 Å². The van der Waals surface area contributed by atoms with Crippen molar-refractivity contribution in [2.75, 3.05) is 20.2 Å². The van der Waals surface area contributed by atoms with E-state index in [1.807, 2.05) is 13.8 Å². The van der Waals surface area contributed by atoms with E-state index >= 15 is 0 Å². The first kappa shape index (κ1) is 17.9. The molecule has 0 aliphatic carbocycles. The summed E-state index contributed by atoms with van der Waals surface area (Å²) in [5, 5.41) is 0. The molecule has 21 heavy (non-hydrogen) atoms. The van der Waals surface area contributed by atoms with Crippen LogP contribution in [0.15, 0.2) is 29.2 Å². The van der Waals surface area contributed by atoms with Gasteiger partial charge >= 0.3 is 0 Å². The molecule has 6 heteroatoms. The summed E-state index contributed by atoms with van der Waals surface area (Å²) in [6, 6.07) is 6.57. The van der Waals surface area contributed by atoms with Crippen molar-refractivity contribution in [2.24, 2.45) is 5.73 Å². The summed E-state index contributed by atoms with van der Waals surface area (Å²) < 4.78 is 32.0. The average Bonchev–Trinajstić information content (AvgIpc) is 2.49. The Morgan fingerprint density at radius 2 is 1.76 bits per heavy atom. The highest BCUT2D eigenvalue weighted by molar-refractivity contribution is 7.89. The van der Waals surface area contributed by atoms with E-state index in [1.54, 1.807) is 31.3 Å². The van der Waals surface area contributed by atoms with Gasteiger partial charge in [-0.15, -0.1) is 0 Å². The number of hydrogen-bond donors (Lipinski definition) is 1. The molecule has 1 rings (SSSR count). The summed E-state index contributed by atoms with van der Waals surface area (Å²) in [5.41, 5.74) is 5.40. The third-order valence-corrected chi connectivity index (χ3v) is 5.50. The van der Waals surface area contributed by atoms with Crippen molar-refractivity contribution in [3.63, 3.8) is 0 Å². The second-order valence-corrected chi connectivity index (χ2v) is 6.95. The summed E-state index contributed by atoms with van der Waals surface area (Å²) in [7, 11) is -1.81. The second kappa shape index (κ2) is 8.36. The number of ether oxygens (including phenoxy) is 1. The van der Waals surface area contributed by atoms with E-state index in [1.165, 1.54) is 4.31 Å². The topological polar surface area (TPSA) is 72.6 Å². The summed E-state index contributed by atoms with van der Waals surface area (Å²) in [5.74, 6) is 0.660. The van der Waals surface area contributed by atoms with Gasteiger partial charge in [0.05, 0.1) is 11.5 Å². The molecule has 5 nitrogen and oxygen atoms in total. The zero-order valence-electron chi connectivity index (χ0n) is 13.1. The van der Waals surface area contributed by atoms with Crippen molar-refractivity contribution in [3.05, 3.63) is 24.3 Å². The number of rotatable bonds is 9. The Labute approximate surface area is 128 Å². The summed E-state index contributed by atoms with van der Waals surface area (Å²) in [6.45, 7) is 5.10. The molecular formula is C15H26N2O3S. The molecule has 1 aromatic rings. The fourth-order valence-corrected chi connectivity index (χ4v) is 3.65. The standard InChI is InChI=1S/C15H26N2O3S/c1-4-13(5-2)17(3)21(18,19)15-9-7-14(8-10-15)20-12-6-11-16/h7-10,13H,4-6,11-12,16H2,1-3H3. The van der Waals surface area contributed by atoms with E-state index in [-0.39, 0.29) is 6.04 Å². The third kappa shape index (κ3) is 4.69. The van der Waals surface area contributed by atoms with E-state index in [9.17, 15) is 8.42 Å². The lowest BCUT2D eigenvalue weighted by molar-refractivity contribution is 0.313. The van der Waals surface area contributed by atoms with Gasteiger partial charge in [-0.05, 0) is 50.1 Å². The van der Waals surface area contributed by atoms with Crippen LogP contribution in [0.5, 0.6) is 5.75 Å². The van der Waals surface area contributed by atoms with E-state index in [0.717, 1.165) is 19.3 Å². The third-order valence-electron chi connectivity index (χ3n) is 3.57. The van der Waals surface area contributed by atoms with Crippen LogP contribution >= 0.6 is 0 Å². The maximum atomic E-state index is 12.5. The van der Waals surface area contributed by atoms with Crippen molar-refractivity contribution in [1.82, 2.24) is 4.31 Å². The molecule has 0 saturated carbocycles. The van der Waals surface area contributed by atoms with Crippen LogP contribution in [0.3, 0.4) is 0 Å². The Hall–Kier alpha value is -1.11. The Balaban J connectivity index is 2.84. The molecule has 0 atom stereocenters. The van der Waals surface area contributed by atoms with Gasteiger partial charge in [-0.1, -0.05) is 13.8 Å². The van der Waals surface area contributed by atoms with E-state index < -0.39 is 10.0 Å². The normalized spacial score (nSPS) is 12.1. The monoisotopic (exact) mass is 314 g/mol. The predicted octanol–water partition coefficient (Wildman–Crippen LogP) is 2.22. The highest BCUT2D eigenvalue weighted by Gasteiger charge is 2.25. The molecule has 0 radical (unpaired) electrons. The minimum Gasteiger partial charge on any atom is -0.494 e. The minimum atomic E-state index is -3.45. The van der Waals surface area contributed by atoms with Gasteiger partial charge in [0.1, 0.15) is 5.75 Å². The van der Waals surface area contributed by atoms with Gasteiger partial charge in [-0.2, -0.15) is 4.31 Å². The van der Waals surface area contributed by atoms with Gasteiger partial charge in [0.2, 0.25) is 10.0 Å². The quantitative estimate of drug-likeness (QED) is 0.709. The van der Waals surface area contributed by atoms with Crippen LogP contribution in [0.4, 0.5) is 0 Å². The summed E-state index contributed by atoms with van der Waals surface area (Å²) in [6.07, 6.45) is 2.37. The Morgan fingerprint density at radius 3 is 2.24 bits per heavy atom. The Kier molecular flexibility index (Phi) is 7.14. The van der Waals surface area contributed by atoms with E-state index in [0.29, 0.717) is 23.8 Å². The van der Waals surface area contributed by atoms with Crippen LogP contribution in [-0.2, 0) is 10.0 Å². The molecule has 0 saturated heterocycles. The largest absolute Gasteiger partial charge is 0.494 e. The lowest BCUT2D eigenvalue weighted by Crippen LogP contribution is -2.36. The van der Waals surface area contributed by atoms with Crippen molar-refractivity contribution in [3.8, 4) is 5.75 Å². The maximum Gasteiger partial charge on any atom is 0.243 e. The van der Waals surface area contributed by atoms with Gasteiger partial charge in [-0.25, -0.2) is 8.42 Å². The minimum absolute atomic E-state index is 0.0236. The zero-order valence-corrected chi connectivity index (χ0v) is 13.9. The first-order chi connectivity index (χ1) is 9.97. The molecule has 0 amide bonds. The number of sulfonamides is 1. The molecule has 0 unspecified atom stereocenters. The van der Waals surface area contributed by atoms with Crippen molar-refractivity contribution in [2.45, 2.75) is 44.0 Å². The second-order valence-electron chi connectivity index (χ2n) is 4.95. The molecule has 0 heterocycles. The van der Waals surface area contributed by atoms with Gasteiger partial charge in [0.25, 0.3) is 0 Å². The first-order valence-electron chi connectivity index (χ1n) is 7.38. The molecule has 0 spiro atoms. The number of hydrogen-bond acceptors (Lipinski definition) is 4. The summed E-state index contributed by atoms with van der Waals surface area (Å²) >= 11 is 0. The zero-order chi connectivity index (χ0) is 15.9. The molecule has 2 N–H and O–H groups in total. The summed E-state index contributed by atoms with van der Waals surface area (Å²) in [4.78, 5) is 0.295. The molecule has 0 fully saturated rings. The highest BCUT2D eigenvalue weighted by Crippen LogP contribution is 2.22. The fraction of sp³-hybridized carbons (Fsp3) is 0.600. The smallest absolute Gasteiger partial charge is 0.243 e. The number of benzene rings is 1. The molecule has 0 bridgehead atoms. The van der Waals surface area contributed by atoms with Crippen molar-refractivity contribution in [1.29, 1.82) is 0 Å². The Morgan fingerprint density at radius 1 is 1.19 bits per heavy atom. The van der Waals surface area contributed by atoms with Gasteiger partial charge in [-0.3, -0.25) is 0 Å². The van der Waals surface area contributed by atoms with Crippen LogP contribution in [0.25, 0.3) is 0 Å². The molecule has 0 aliphatic rings. The highest BCUT2D eigenvalue weighted by atomic mass is 32.2. The van der Waals surface area contributed by atoms with Crippen LogP contribution in [-0.4, -0.2) is 39.0 Å². The molecule has 0 aromatic heterocycles. The van der Waals surface area contributed by atoms with E-state index in [4.69, 9.17) is 10.5 Å². The van der Waals surface area contributed by atoms with Gasteiger partial charge in [0, 0.05) is 13.1 Å².